The Morgan fingerprint density at radius 2 is 2.08 bits per heavy atom. The second-order valence-electron chi connectivity index (χ2n) is 3.87. The van der Waals surface area contributed by atoms with Crippen LogP contribution in [-0.4, -0.2) is 42.0 Å². The topological polar surface area (TPSA) is 73.9 Å². The van der Waals surface area contributed by atoms with Crippen molar-refractivity contribution in [2.45, 2.75) is 44.2 Å². The molecule has 13 heavy (non-hydrogen) atoms. The zero-order valence-electron chi connectivity index (χ0n) is 7.77. The zero-order chi connectivity index (χ0) is 9.64. The van der Waals surface area contributed by atoms with E-state index in [9.17, 15) is 5.11 Å². The molecule has 2 aliphatic rings. The van der Waals surface area contributed by atoms with Crippen molar-refractivity contribution < 1.29 is 19.3 Å². The summed E-state index contributed by atoms with van der Waals surface area (Å²) in [6.45, 7) is 3.86. The predicted octanol–water partition coefficient (Wildman–Crippen LogP) is -0.818. The van der Waals surface area contributed by atoms with E-state index >= 15 is 0 Å². The van der Waals surface area contributed by atoms with Crippen molar-refractivity contribution in [2.75, 3.05) is 6.54 Å². The van der Waals surface area contributed by atoms with Gasteiger partial charge in [0, 0.05) is 6.54 Å². The molecule has 2 saturated heterocycles. The predicted molar refractivity (Wildman–Crippen MR) is 43.8 cm³/mol. The molecule has 5 nitrogen and oxygen atoms in total. The maximum absolute atomic E-state index is 9.68. The SMILES string of the molecule is CC1(C)O[C@H]2O[C@H](CN)[C@@H](O)[C@H]2O1. The van der Waals surface area contributed by atoms with Crippen LogP contribution >= 0.6 is 0 Å². The van der Waals surface area contributed by atoms with Crippen LogP contribution in [0.2, 0.25) is 0 Å². The first-order chi connectivity index (χ1) is 6.03. The molecule has 2 heterocycles. The molecule has 0 amide bonds. The fourth-order valence-electron chi connectivity index (χ4n) is 1.75. The van der Waals surface area contributed by atoms with Crippen LogP contribution < -0.4 is 5.73 Å². The molecular weight excluding hydrogens is 174 g/mol. The van der Waals surface area contributed by atoms with Crippen LogP contribution in [0.15, 0.2) is 0 Å². The summed E-state index contributed by atoms with van der Waals surface area (Å²) in [4.78, 5) is 0. The molecule has 76 valence electrons. The first kappa shape index (κ1) is 9.36. The normalized spacial score (nSPS) is 48.0. The largest absolute Gasteiger partial charge is 0.387 e. The number of rotatable bonds is 1. The van der Waals surface area contributed by atoms with Crippen molar-refractivity contribution in [1.82, 2.24) is 0 Å². The molecule has 0 bridgehead atoms. The van der Waals surface area contributed by atoms with E-state index in [-0.39, 0.29) is 12.6 Å². The van der Waals surface area contributed by atoms with Gasteiger partial charge in [0.15, 0.2) is 12.1 Å². The lowest BCUT2D eigenvalue weighted by atomic mass is 10.1. The molecule has 5 heteroatoms. The van der Waals surface area contributed by atoms with E-state index in [1.807, 2.05) is 0 Å². The molecule has 0 aromatic heterocycles. The molecule has 2 fully saturated rings. The fraction of sp³-hybridized carbons (Fsp3) is 1.00. The van der Waals surface area contributed by atoms with Gasteiger partial charge in [-0.3, -0.25) is 0 Å². The highest BCUT2D eigenvalue weighted by Crippen LogP contribution is 2.36. The minimum atomic E-state index is -0.684. The van der Waals surface area contributed by atoms with Gasteiger partial charge in [0.1, 0.15) is 18.3 Å². The van der Waals surface area contributed by atoms with Gasteiger partial charge < -0.3 is 25.1 Å². The molecule has 4 atom stereocenters. The Bertz CT molecular complexity index is 208. The fourth-order valence-corrected chi connectivity index (χ4v) is 1.75. The van der Waals surface area contributed by atoms with Crippen LogP contribution in [0, 0.1) is 0 Å². The molecular formula is C8H15NO4. The van der Waals surface area contributed by atoms with Crippen LogP contribution in [0.5, 0.6) is 0 Å². The van der Waals surface area contributed by atoms with E-state index in [0.717, 1.165) is 0 Å². The molecule has 0 aromatic rings. The highest BCUT2D eigenvalue weighted by molar-refractivity contribution is 4.92. The minimum Gasteiger partial charge on any atom is -0.387 e. The third-order valence-electron chi connectivity index (χ3n) is 2.35. The third-order valence-corrected chi connectivity index (χ3v) is 2.35. The lowest BCUT2D eigenvalue weighted by molar-refractivity contribution is -0.213. The van der Waals surface area contributed by atoms with Crippen LogP contribution in [-0.2, 0) is 14.2 Å². The summed E-state index contributed by atoms with van der Waals surface area (Å²) in [5.41, 5.74) is 5.40. The number of aliphatic hydroxyl groups is 1. The second-order valence-corrected chi connectivity index (χ2v) is 3.87. The highest BCUT2D eigenvalue weighted by atomic mass is 16.8. The van der Waals surface area contributed by atoms with Crippen molar-refractivity contribution in [3.05, 3.63) is 0 Å². The quantitative estimate of drug-likeness (QED) is 0.564. The molecule has 3 N–H and O–H groups in total. The zero-order valence-corrected chi connectivity index (χ0v) is 7.77. The first-order valence-corrected chi connectivity index (χ1v) is 4.43. The molecule has 0 saturated carbocycles. The lowest BCUT2D eigenvalue weighted by Crippen LogP contribution is -2.38. The van der Waals surface area contributed by atoms with E-state index in [1.165, 1.54) is 0 Å². The monoisotopic (exact) mass is 189 g/mol. The average molecular weight is 189 g/mol. The lowest BCUT2D eigenvalue weighted by Gasteiger charge is -2.22. The Kier molecular flexibility index (Phi) is 2.08. The molecule has 0 aliphatic carbocycles. The van der Waals surface area contributed by atoms with Crippen molar-refractivity contribution in [3.8, 4) is 0 Å². The second kappa shape index (κ2) is 2.90. The standard InChI is InChI=1S/C8H15NO4/c1-8(2)12-6-5(10)4(3-9)11-7(6)13-8/h4-7,10H,3,9H2,1-2H3/t4-,5-,6-,7-/m1/s1. The van der Waals surface area contributed by atoms with E-state index in [1.54, 1.807) is 13.8 Å². The van der Waals surface area contributed by atoms with E-state index in [0.29, 0.717) is 0 Å². The van der Waals surface area contributed by atoms with Gasteiger partial charge >= 0.3 is 0 Å². The summed E-state index contributed by atoms with van der Waals surface area (Å²) in [7, 11) is 0. The Balaban J connectivity index is 2.07. The summed E-state index contributed by atoms with van der Waals surface area (Å²) < 4.78 is 16.2. The van der Waals surface area contributed by atoms with Crippen LogP contribution in [0.3, 0.4) is 0 Å². The smallest absolute Gasteiger partial charge is 0.190 e. The van der Waals surface area contributed by atoms with Crippen molar-refractivity contribution in [1.29, 1.82) is 0 Å². The Hall–Kier alpha value is -0.200. The summed E-state index contributed by atoms with van der Waals surface area (Å²) in [5.74, 6) is -0.671. The first-order valence-electron chi connectivity index (χ1n) is 4.43. The number of hydrogen-bond donors (Lipinski definition) is 2. The van der Waals surface area contributed by atoms with Gasteiger partial charge in [-0.25, -0.2) is 0 Å². The van der Waals surface area contributed by atoms with Crippen molar-refractivity contribution in [3.63, 3.8) is 0 Å². The van der Waals surface area contributed by atoms with Crippen LogP contribution in [0.1, 0.15) is 13.8 Å². The third kappa shape index (κ3) is 1.47. The maximum atomic E-state index is 9.68. The van der Waals surface area contributed by atoms with Gasteiger partial charge in [-0.05, 0) is 13.8 Å². The summed E-state index contributed by atoms with van der Waals surface area (Å²) >= 11 is 0. The number of hydrogen-bond acceptors (Lipinski definition) is 5. The van der Waals surface area contributed by atoms with E-state index in [4.69, 9.17) is 19.9 Å². The number of aliphatic hydroxyl groups excluding tert-OH is 1. The summed E-state index contributed by atoms with van der Waals surface area (Å²) in [5, 5.41) is 9.68. The molecule has 2 aliphatic heterocycles. The maximum Gasteiger partial charge on any atom is 0.190 e. The van der Waals surface area contributed by atoms with Gasteiger partial charge in [0.05, 0.1) is 0 Å². The Labute approximate surface area is 76.8 Å². The Morgan fingerprint density at radius 3 is 2.62 bits per heavy atom. The van der Waals surface area contributed by atoms with Gasteiger partial charge in [-0.2, -0.15) is 0 Å². The molecule has 0 aromatic carbocycles. The average Bonchev–Trinajstić information content (AvgIpc) is 2.47. The van der Waals surface area contributed by atoms with Crippen molar-refractivity contribution in [2.24, 2.45) is 5.73 Å². The summed E-state index contributed by atoms with van der Waals surface area (Å²) in [6, 6.07) is 0. The molecule has 0 unspecified atom stereocenters. The minimum absolute atomic E-state index is 0.279. The molecule has 0 spiro atoms. The molecule has 0 radical (unpaired) electrons. The van der Waals surface area contributed by atoms with Gasteiger partial charge in [-0.15, -0.1) is 0 Å². The van der Waals surface area contributed by atoms with Crippen molar-refractivity contribution >= 4 is 0 Å². The number of nitrogens with two attached hydrogens (primary N) is 1. The Morgan fingerprint density at radius 1 is 1.38 bits per heavy atom. The number of ether oxygens (including phenoxy) is 3. The highest BCUT2D eigenvalue weighted by Gasteiger charge is 2.53. The molecule has 2 rings (SSSR count). The van der Waals surface area contributed by atoms with E-state index in [2.05, 4.69) is 0 Å². The number of fused-ring (bicyclic) bond motifs is 1. The van der Waals surface area contributed by atoms with Gasteiger partial charge in [-0.1, -0.05) is 0 Å². The van der Waals surface area contributed by atoms with Gasteiger partial charge in [0.25, 0.3) is 0 Å². The van der Waals surface area contributed by atoms with E-state index < -0.39 is 24.3 Å². The van der Waals surface area contributed by atoms with Crippen LogP contribution in [0.4, 0.5) is 0 Å². The summed E-state index contributed by atoms with van der Waals surface area (Å²) in [6.07, 6.45) is -1.93. The van der Waals surface area contributed by atoms with Crippen LogP contribution in [0.25, 0.3) is 0 Å². The van der Waals surface area contributed by atoms with Gasteiger partial charge in [0.2, 0.25) is 0 Å².